The zero-order valence-electron chi connectivity index (χ0n) is 15.9. The molecule has 1 fully saturated rings. The maximum Gasteiger partial charge on any atom is 0.238 e. The number of aryl methyl sites for hydroxylation is 1. The first-order valence-electron chi connectivity index (χ1n) is 9.09. The Morgan fingerprint density at radius 2 is 1.73 bits per heavy atom. The monoisotopic (exact) mass is 356 g/mol. The molecular formula is C20H28N4O2. The summed E-state index contributed by atoms with van der Waals surface area (Å²) in [5.41, 5.74) is 1.17. The van der Waals surface area contributed by atoms with Crippen LogP contribution in [0.5, 0.6) is 0 Å². The lowest BCUT2D eigenvalue weighted by Crippen LogP contribution is -2.52. The predicted octanol–water partition coefficient (Wildman–Crippen LogP) is 2.55. The van der Waals surface area contributed by atoms with E-state index < -0.39 is 5.54 Å². The maximum absolute atomic E-state index is 12.6. The molecule has 1 aliphatic rings. The van der Waals surface area contributed by atoms with E-state index in [2.05, 4.69) is 11.4 Å². The molecule has 0 bridgehead atoms. The van der Waals surface area contributed by atoms with Crippen LogP contribution >= 0.6 is 0 Å². The van der Waals surface area contributed by atoms with Gasteiger partial charge in [-0.1, -0.05) is 37.0 Å². The minimum Gasteiger partial charge on any atom is -0.326 e. The Kier molecular flexibility index (Phi) is 6.76. The van der Waals surface area contributed by atoms with Crippen molar-refractivity contribution in [3.05, 3.63) is 29.8 Å². The fourth-order valence-corrected chi connectivity index (χ4v) is 3.37. The summed E-state index contributed by atoms with van der Waals surface area (Å²) >= 11 is 0. The van der Waals surface area contributed by atoms with Crippen molar-refractivity contribution in [3.8, 4) is 6.07 Å². The van der Waals surface area contributed by atoms with Gasteiger partial charge in [0.1, 0.15) is 5.54 Å². The number of carbonyl (C=O) groups is 2. The third kappa shape index (κ3) is 5.06. The normalized spacial score (nSPS) is 16.0. The molecule has 1 saturated carbocycles. The molecule has 0 heterocycles. The number of anilines is 1. The summed E-state index contributed by atoms with van der Waals surface area (Å²) in [6, 6.07) is 9.93. The van der Waals surface area contributed by atoms with Crippen LogP contribution in [0, 0.1) is 18.3 Å². The molecule has 140 valence electrons. The molecule has 0 aromatic heterocycles. The van der Waals surface area contributed by atoms with Crippen molar-refractivity contribution in [3.63, 3.8) is 0 Å². The Hall–Kier alpha value is -2.39. The summed E-state index contributed by atoms with van der Waals surface area (Å²) in [4.78, 5) is 28.0. The summed E-state index contributed by atoms with van der Waals surface area (Å²) < 4.78 is 0. The van der Waals surface area contributed by atoms with Crippen LogP contribution in [0.1, 0.15) is 37.7 Å². The maximum atomic E-state index is 12.6. The number of nitriles is 1. The molecule has 2 amide bonds. The second kappa shape index (κ2) is 8.81. The van der Waals surface area contributed by atoms with Crippen LogP contribution < -0.4 is 5.32 Å². The zero-order valence-corrected chi connectivity index (χ0v) is 15.9. The number of nitrogens with one attached hydrogen (secondary N) is 1. The van der Waals surface area contributed by atoms with Crippen molar-refractivity contribution in [1.82, 2.24) is 9.80 Å². The van der Waals surface area contributed by atoms with Gasteiger partial charge in [-0.2, -0.15) is 5.26 Å². The van der Waals surface area contributed by atoms with E-state index in [1.165, 1.54) is 0 Å². The van der Waals surface area contributed by atoms with Gasteiger partial charge in [0.15, 0.2) is 0 Å². The summed E-state index contributed by atoms with van der Waals surface area (Å²) in [5.74, 6) is -0.293. The molecule has 1 aromatic rings. The van der Waals surface area contributed by atoms with Gasteiger partial charge in [0.05, 0.1) is 19.2 Å². The molecule has 1 aromatic carbocycles. The van der Waals surface area contributed by atoms with E-state index in [1.54, 1.807) is 23.9 Å². The zero-order chi connectivity index (χ0) is 19.2. The smallest absolute Gasteiger partial charge is 0.238 e. The molecule has 0 spiro atoms. The lowest BCUT2D eigenvalue weighted by molar-refractivity contribution is -0.136. The van der Waals surface area contributed by atoms with E-state index >= 15 is 0 Å². The molecule has 26 heavy (non-hydrogen) atoms. The van der Waals surface area contributed by atoms with E-state index in [0.29, 0.717) is 0 Å². The predicted molar refractivity (Wildman–Crippen MR) is 102 cm³/mol. The SMILES string of the molecule is Cc1ccc(NC(=O)CN(C)CC(=O)N(C)C2(C#N)CCCCC2)cc1. The summed E-state index contributed by atoms with van der Waals surface area (Å²) in [6.45, 7) is 2.22. The highest BCUT2D eigenvalue weighted by Gasteiger charge is 2.38. The molecule has 0 unspecified atom stereocenters. The van der Waals surface area contributed by atoms with Crippen molar-refractivity contribution in [2.24, 2.45) is 0 Å². The standard InChI is InChI=1S/C20H28N4O2/c1-16-7-9-17(10-8-16)22-18(25)13-23(2)14-19(26)24(3)20(15-21)11-5-4-6-12-20/h7-10H,4-6,11-14H2,1-3H3,(H,22,25). The first-order valence-corrected chi connectivity index (χ1v) is 9.09. The topological polar surface area (TPSA) is 76.4 Å². The van der Waals surface area contributed by atoms with Crippen LogP contribution in [0.3, 0.4) is 0 Å². The quantitative estimate of drug-likeness (QED) is 0.850. The van der Waals surface area contributed by atoms with Gasteiger partial charge in [-0.25, -0.2) is 0 Å². The number of hydrogen-bond acceptors (Lipinski definition) is 4. The van der Waals surface area contributed by atoms with E-state index in [-0.39, 0.29) is 24.9 Å². The van der Waals surface area contributed by atoms with Crippen LogP contribution in [-0.4, -0.2) is 54.3 Å². The molecule has 2 rings (SSSR count). The van der Waals surface area contributed by atoms with Gasteiger partial charge in [0.25, 0.3) is 0 Å². The van der Waals surface area contributed by atoms with Gasteiger partial charge in [-0.05, 0) is 38.9 Å². The molecule has 6 heteroatoms. The minimum atomic E-state index is -0.694. The Morgan fingerprint density at radius 1 is 1.12 bits per heavy atom. The van der Waals surface area contributed by atoms with Gasteiger partial charge in [-0.3, -0.25) is 14.5 Å². The van der Waals surface area contributed by atoms with E-state index in [4.69, 9.17) is 0 Å². The Balaban J connectivity index is 1.86. The number of nitrogens with zero attached hydrogens (tertiary/aromatic N) is 3. The summed E-state index contributed by atoms with van der Waals surface area (Å²) in [5, 5.41) is 12.4. The number of hydrogen-bond donors (Lipinski definition) is 1. The third-order valence-corrected chi connectivity index (χ3v) is 5.06. The van der Waals surface area contributed by atoms with Crippen molar-refractivity contribution >= 4 is 17.5 Å². The van der Waals surface area contributed by atoms with Crippen molar-refractivity contribution in [2.45, 2.75) is 44.6 Å². The van der Waals surface area contributed by atoms with Crippen LogP contribution in [0.4, 0.5) is 5.69 Å². The molecule has 1 aliphatic carbocycles. The van der Waals surface area contributed by atoms with Crippen LogP contribution in [0.2, 0.25) is 0 Å². The van der Waals surface area contributed by atoms with E-state index in [9.17, 15) is 14.9 Å². The lowest BCUT2D eigenvalue weighted by atomic mass is 9.81. The first kappa shape index (κ1) is 19.9. The second-order valence-corrected chi connectivity index (χ2v) is 7.24. The highest BCUT2D eigenvalue weighted by molar-refractivity contribution is 5.92. The average Bonchev–Trinajstić information content (AvgIpc) is 2.63. The first-order chi connectivity index (χ1) is 12.4. The van der Waals surface area contributed by atoms with Gasteiger partial charge in [-0.15, -0.1) is 0 Å². The minimum absolute atomic E-state index is 0.112. The highest BCUT2D eigenvalue weighted by Crippen LogP contribution is 2.32. The molecule has 0 aliphatic heterocycles. The van der Waals surface area contributed by atoms with Gasteiger partial charge < -0.3 is 10.2 Å². The molecule has 1 N–H and O–H groups in total. The van der Waals surface area contributed by atoms with Gasteiger partial charge >= 0.3 is 0 Å². The number of rotatable bonds is 6. The van der Waals surface area contributed by atoms with Crippen molar-refractivity contribution < 1.29 is 9.59 Å². The van der Waals surface area contributed by atoms with E-state index in [1.807, 2.05) is 31.2 Å². The molecular weight excluding hydrogens is 328 g/mol. The fourth-order valence-electron chi connectivity index (χ4n) is 3.37. The van der Waals surface area contributed by atoms with Crippen LogP contribution in [0.15, 0.2) is 24.3 Å². The number of likely N-dealkylation sites (N-methyl/N-ethyl adjacent to an activating group) is 2. The van der Waals surface area contributed by atoms with E-state index in [0.717, 1.165) is 43.4 Å². The number of amides is 2. The van der Waals surface area contributed by atoms with Crippen LogP contribution in [0.25, 0.3) is 0 Å². The Bertz CT molecular complexity index is 672. The summed E-state index contributed by atoms with van der Waals surface area (Å²) in [6.07, 6.45) is 4.51. The van der Waals surface area contributed by atoms with Crippen molar-refractivity contribution in [1.29, 1.82) is 5.26 Å². The fraction of sp³-hybridized carbons (Fsp3) is 0.550. The number of benzene rings is 1. The van der Waals surface area contributed by atoms with Gasteiger partial charge in [0, 0.05) is 12.7 Å². The van der Waals surface area contributed by atoms with Crippen LogP contribution in [-0.2, 0) is 9.59 Å². The highest BCUT2D eigenvalue weighted by atomic mass is 16.2. The number of carbonyl (C=O) groups excluding carboxylic acids is 2. The van der Waals surface area contributed by atoms with Gasteiger partial charge in [0.2, 0.25) is 11.8 Å². The lowest BCUT2D eigenvalue weighted by Gasteiger charge is -2.39. The second-order valence-electron chi connectivity index (χ2n) is 7.24. The molecule has 0 atom stereocenters. The molecule has 0 saturated heterocycles. The summed E-state index contributed by atoms with van der Waals surface area (Å²) in [7, 11) is 3.44. The Morgan fingerprint density at radius 3 is 2.31 bits per heavy atom. The molecule has 6 nitrogen and oxygen atoms in total. The third-order valence-electron chi connectivity index (χ3n) is 5.06. The molecule has 0 radical (unpaired) electrons. The average molecular weight is 356 g/mol. The van der Waals surface area contributed by atoms with Crippen molar-refractivity contribution in [2.75, 3.05) is 32.5 Å². The largest absolute Gasteiger partial charge is 0.326 e. The Labute approximate surface area is 155 Å².